The highest BCUT2D eigenvalue weighted by molar-refractivity contribution is 5.93. The van der Waals surface area contributed by atoms with E-state index in [1.165, 1.54) is 0 Å². The second kappa shape index (κ2) is 7.21. The van der Waals surface area contributed by atoms with E-state index in [9.17, 15) is 4.79 Å². The van der Waals surface area contributed by atoms with Gasteiger partial charge in [-0.15, -0.1) is 0 Å². The van der Waals surface area contributed by atoms with Gasteiger partial charge in [-0.3, -0.25) is 4.79 Å². The van der Waals surface area contributed by atoms with Crippen LogP contribution in [0.5, 0.6) is 5.75 Å². The van der Waals surface area contributed by atoms with Gasteiger partial charge in [0.25, 0.3) is 5.91 Å². The predicted octanol–water partition coefficient (Wildman–Crippen LogP) is 4.18. The van der Waals surface area contributed by atoms with E-state index in [1.54, 1.807) is 25.1 Å². The van der Waals surface area contributed by atoms with Crippen LogP contribution in [0.15, 0.2) is 65.2 Å². The second-order valence-corrected chi connectivity index (χ2v) is 5.78. The minimum Gasteiger partial charge on any atom is -0.496 e. The molecule has 0 saturated carbocycles. The van der Waals surface area contributed by atoms with E-state index in [0.717, 1.165) is 16.9 Å². The van der Waals surface area contributed by atoms with Crippen LogP contribution in [0.4, 0.5) is 0 Å². The molecule has 128 valence electrons. The van der Waals surface area contributed by atoms with Crippen molar-refractivity contribution in [1.82, 2.24) is 10.1 Å². The van der Waals surface area contributed by atoms with Gasteiger partial charge in [0.05, 0.1) is 13.2 Å². The highest BCUT2D eigenvalue weighted by Crippen LogP contribution is 2.29. The van der Waals surface area contributed by atoms with Crippen LogP contribution in [0.3, 0.4) is 0 Å². The number of methoxy groups -OCH3 is 1. The summed E-state index contributed by atoms with van der Waals surface area (Å²) in [5, 5.41) is 3.93. The fourth-order valence-corrected chi connectivity index (χ4v) is 2.69. The number of carbonyl (C=O) groups excluding carboxylic acids is 1. The molecule has 1 heterocycles. The maximum Gasteiger partial charge on any atom is 0.276 e. The molecule has 0 N–H and O–H groups in total. The lowest BCUT2D eigenvalue weighted by molar-refractivity contribution is 0.0730. The van der Waals surface area contributed by atoms with Crippen molar-refractivity contribution in [3.63, 3.8) is 0 Å². The molecule has 0 aliphatic carbocycles. The van der Waals surface area contributed by atoms with Crippen LogP contribution < -0.4 is 4.74 Å². The Kier molecular flexibility index (Phi) is 4.84. The van der Waals surface area contributed by atoms with Crippen LogP contribution in [0.25, 0.3) is 11.3 Å². The summed E-state index contributed by atoms with van der Waals surface area (Å²) >= 11 is 0. The van der Waals surface area contributed by atoms with Gasteiger partial charge in [0.1, 0.15) is 5.75 Å². The first-order valence-electron chi connectivity index (χ1n) is 8.04. The van der Waals surface area contributed by atoms with Crippen molar-refractivity contribution >= 4 is 5.91 Å². The molecule has 0 saturated heterocycles. The monoisotopic (exact) mass is 336 g/mol. The highest BCUT2D eigenvalue weighted by Gasteiger charge is 2.24. The number of aromatic nitrogens is 1. The van der Waals surface area contributed by atoms with Crippen molar-refractivity contribution in [2.45, 2.75) is 13.0 Å². The third kappa shape index (κ3) is 3.40. The van der Waals surface area contributed by atoms with Crippen LogP contribution in [-0.4, -0.2) is 30.1 Å². The molecule has 0 fully saturated rings. The number of ether oxygens (including phenoxy) is 1. The van der Waals surface area contributed by atoms with Gasteiger partial charge in [-0.25, -0.2) is 0 Å². The first-order valence-corrected chi connectivity index (χ1v) is 8.04. The molecule has 1 atom stereocenters. The van der Waals surface area contributed by atoms with Crippen molar-refractivity contribution in [3.8, 4) is 17.1 Å². The smallest absolute Gasteiger partial charge is 0.276 e. The number of rotatable bonds is 5. The molecule has 0 bridgehead atoms. The van der Waals surface area contributed by atoms with Crippen LogP contribution in [-0.2, 0) is 0 Å². The third-order valence-corrected chi connectivity index (χ3v) is 4.28. The SMILES string of the molecule is COc1ccccc1C(C)N(C)C(=O)c1cc(-c2ccccc2)on1. The summed E-state index contributed by atoms with van der Waals surface area (Å²) in [6, 6.07) is 18.7. The van der Waals surface area contributed by atoms with Gasteiger partial charge in [0.15, 0.2) is 11.5 Å². The molecular formula is C20H20N2O3. The Morgan fingerprint density at radius 3 is 2.52 bits per heavy atom. The predicted molar refractivity (Wildman–Crippen MR) is 95.4 cm³/mol. The Labute approximate surface area is 146 Å². The molecule has 2 aromatic carbocycles. The lowest BCUT2D eigenvalue weighted by Gasteiger charge is -2.25. The second-order valence-electron chi connectivity index (χ2n) is 5.78. The van der Waals surface area contributed by atoms with Gasteiger partial charge in [-0.05, 0) is 13.0 Å². The normalized spacial score (nSPS) is 11.8. The molecule has 0 radical (unpaired) electrons. The van der Waals surface area contributed by atoms with E-state index in [2.05, 4.69) is 5.16 Å². The fraction of sp³-hybridized carbons (Fsp3) is 0.200. The Hall–Kier alpha value is -3.08. The number of hydrogen-bond acceptors (Lipinski definition) is 4. The van der Waals surface area contributed by atoms with E-state index < -0.39 is 0 Å². The molecule has 1 amide bonds. The molecule has 1 aromatic heterocycles. The van der Waals surface area contributed by atoms with Crippen LogP contribution >= 0.6 is 0 Å². The molecule has 5 heteroatoms. The molecular weight excluding hydrogens is 316 g/mol. The van der Waals surface area contributed by atoms with Gasteiger partial charge in [-0.1, -0.05) is 53.7 Å². The lowest BCUT2D eigenvalue weighted by atomic mass is 10.1. The van der Waals surface area contributed by atoms with Crippen LogP contribution in [0, 0.1) is 0 Å². The zero-order chi connectivity index (χ0) is 17.8. The number of hydrogen-bond donors (Lipinski definition) is 0. The van der Waals surface area contributed by atoms with Crippen molar-refractivity contribution in [2.24, 2.45) is 0 Å². The Balaban J connectivity index is 1.82. The summed E-state index contributed by atoms with van der Waals surface area (Å²) in [5.41, 5.74) is 2.10. The Morgan fingerprint density at radius 1 is 1.12 bits per heavy atom. The van der Waals surface area contributed by atoms with E-state index in [0.29, 0.717) is 5.76 Å². The average Bonchev–Trinajstić information content (AvgIpc) is 3.17. The molecule has 5 nitrogen and oxygen atoms in total. The summed E-state index contributed by atoms with van der Waals surface area (Å²) in [4.78, 5) is 14.4. The molecule has 3 aromatic rings. The largest absolute Gasteiger partial charge is 0.496 e. The van der Waals surface area contributed by atoms with E-state index >= 15 is 0 Å². The zero-order valence-corrected chi connectivity index (χ0v) is 14.5. The minimum atomic E-state index is -0.204. The lowest BCUT2D eigenvalue weighted by Crippen LogP contribution is -2.30. The summed E-state index contributed by atoms with van der Waals surface area (Å²) in [5.74, 6) is 1.12. The maximum absolute atomic E-state index is 12.8. The number of amides is 1. The van der Waals surface area contributed by atoms with Crippen LogP contribution in [0.2, 0.25) is 0 Å². The molecule has 1 unspecified atom stereocenters. The summed E-state index contributed by atoms with van der Waals surface area (Å²) in [6.45, 7) is 1.95. The molecule has 0 spiro atoms. The standard InChI is InChI=1S/C20H20N2O3/c1-14(16-11-7-8-12-18(16)24-3)22(2)20(23)17-13-19(25-21-17)15-9-5-4-6-10-15/h4-14H,1-3H3. The van der Waals surface area contributed by atoms with Gasteiger partial charge < -0.3 is 14.2 Å². The number of nitrogens with zero attached hydrogens (tertiary/aromatic N) is 2. The van der Waals surface area contributed by atoms with Gasteiger partial charge in [0.2, 0.25) is 0 Å². The average molecular weight is 336 g/mol. The number of para-hydroxylation sites is 1. The van der Waals surface area contributed by atoms with Crippen molar-refractivity contribution in [2.75, 3.05) is 14.2 Å². The highest BCUT2D eigenvalue weighted by atomic mass is 16.5. The third-order valence-electron chi connectivity index (χ3n) is 4.28. The quantitative estimate of drug-likeness (QED) is 0.701. The van der Waals surface area contributed by atoms with Crippen molar-refractivity contribution < 1.29 is 14.1 Å². The van der Waals surface area contributed by atoms with Gasteiger partial charge in [0, 0.05) is 24.2 Å². The molecule has 0 aliphatic rings. The molecule has 25 heavy (non-hydrogen) atoms. The minimum absolute atomic E-state index is 0.166. The summed E-state index contributed by atoms with van der Waals surface area (Å²) in [7, 11) is 3.37. The Bertz CT molecular complexity index is 858. The number of benzene rings is 2. The van der Waals surface area contributed by atoms with Crippen molar-refractivity contribution in [3.05, 3.63) is 71.9 Å². The van der Waals surface area contributed by atoms with Crippen molar-refractivity contribution in [1.29, 1.82) is 0 Å². The summed E-state index contributed by atoms with van der Waals surface area (Å²) < 4.78 is 10.7. The van der Waals surface area contributed by atoms with E-state index in [-0.39, 0.29) is 17.6 Å². The summed E-state index contributed by atoms with van der Waals surface area (Å²) in [6.07, 6.45) is 0. The van der Waals surface area contributed by atoms with Gasteiger partial charge >= 0.3 is 0 Å². The van der Waals surface area contributed by atoms with E-state index in [4.69, 9.17) is 9.26 Å². The van der Waals surface area contributed by atoms with Crippen LogP contribution in [0.1, 0.15) is 29.0 Å². The molecule has 3 rings (SSSR count). The fourth-order valence-electron chi connectivity index (χ4n) is 2.69. The zero-order valence-electron chi connectivity index (χ0n) is 14.5. The first kappa shape index (κ1) is 16.8. The first-order chi connectivity index (χ1) is 12.1. The Morgan fingerprint density at radius 2 is 1.80 bits per heavy atom. The number of carbonyl (C=O) groups is 1. The van der Waals surface area contributed by atoms with Gasteiger partial charge in [-0.2, -0.15) is 0 Å². The maximum atomic E-state index is 12.8. The van der Waals surface area contributed by atoms with E-state index in [1.807, 2.05) is 61.5 Å². The molecule has 0 aliphatic heterocycles. The topological polar surface area (TPSA) is 55.6 Å².